The summed E-state index contributed by atoms with van der Waals surface area (Å²) in [5.41, 5.74) is 8.34. The molecular weight excluding hydrogens is 310 g/mol. The predicted molar refractivity (Wildman–Crippen MR) is 94.4 cm³/mol. The molecule has 0 aromatic heterocycles. The summed E-state index contributed by atoms with van der Waals surface area (Å²) in [5, 5.41) is 0. The maximum atomic E-state index is 12.4. The molecule has 130 valence electrons. The Labute approximate surface area is 140 Å². The van der Waals surface area contributed by atoms with Crippen molar-refractivity contribution in [3.05, 3.63) is 35.4 Å². The number of piperidine rings is 1. The molecule has 6 heteroatoms. The largest absolute Gasteiger partial charge is 0.323 e. The van der Waals surface area contributed by atoms with Crippen LogP contribution in [-0.2, 0) is 10.2 Å². The summed E-state index contributed by atoms with van der Waals surface area (Å²) < 4.78 is 28.9. The van der Waals surface area contributed by atoms with Crippen molar-refractivity contribution in [2.24, 2.45) is 11.7 Å². The van der Waals surface area contributed by atoms with Crippen LogP contribution in [0.2, 0.25) is 0 Å². The molecular formula is C17H29N3O2S. The van der Waals surface area contributed by atoms with Gasteiger partial charge >= 0.3 is 0 Å². The van der Waals surface area contributed by atoms with Gasteiger partial charge in [0, 0.05) is 25.7 Å². The molecule has 0 amide bonds. The lowest BCUT2D eigenvalue weighted by Gasteiger charge is -2.30. The smallest absolute Gasteiger partial charge is 0.279 e. The van der Waals surface area contributed by atoms with Crippen LogP contribution in [-0.4, -0.2) is 32.4 Å². The first-order valence-electron chi connectivity index (χ1n) is 8.39. The van der Waals surface area contributed by atoms with E-state index in [0.717, 1.165) is 18.4 Å². The molecule has 2 atom stereocenters. The highest BCUT2D eigenvalue weighted by molar-refractivity contribution is 7.87. The molecule has 3 N–H and O–H groups in total. The minimum atomic E-state index is -3.44. The molecule has 0 spiro atoms. The van der Waals surface area contributed by atoms with Gasteiger partial charge in [-0.05, 0) is 35.8 Å². The zero-order valence-corrected chi connectivity index (χ0v) is 15.1. The molecule has 1 heterocycles. The Morgan fingerprint density at radius 3 is 2.43 bits per heavy atom. The van der Waals surface area contributed by atoms with Gasteiger partial charge in [0.05, 0.1) is 0 Å². The molecule has 0 radical (unpaired) electrons. The molecule has 1 aliphatic heterocycles. The first kappa shape index (κ1) is 18.4. The Hall–Kier alpha value is -0.950. The molecule has 1 fully saturated rings. The van der Waals surface area contributed by atoms with Crippen LogP contribution >= 0.6 is 0 Å². The van der Waals surface area contributed by atoms with E-state index in [1.165, 1.54) is 9.87 Å². The second-order valence-corrected chi connectivity index (χ2v) is 8.64. The first-order chi connectivity index (χ1) is 10.8. The second kappa shape index (κ2) is 7.75. The zero-order valence-electron chi connectivity index (χ0n) is 14.3. The molecule has 1 aliphatic rings. The standard InChI is InChI=1S/C17H29N3O2S/c1-13(2)15-6-8-16(9-7-15)17(18)11-19-23(21,22)20-10-4-5-14(3)12-20/h6-9,13-14,17,19H,4-5,10-12,18H2,1-3H3. The summed E-state index contributed by atoms with van der Waals surface area (Å²) in [4.78, 5) is 0. The van der Waals surface area contributed by atoms with Crippen molar-refractivity contribution in [2.75, 3.05) is 19.6 Å². The van der Waals surface area contributed by atoms with Crippen molar-refractivity contribution in [2.45, 2.75) is 45.6 Å². The number of nitrogens with two attached hydrogens (primary N) is 1. The normalized spacial score (nSPS) is 21.5. The predicted octanol–water partition coefficient (Wildman–Crippen LogP) is 2.38. The van der Waals surface area contributed by atoms with Crippen molar-refractivity contribution < 1.29 is 8.42 Å². The maximum Gasteiger partial charge on any atom is 0.279 e. The third-order valence-corrected chi connectivity index (χ3v) is 6.02. The minimum absolute atomic E-state index is 0.217. The number of hydrogen-bond acceptors (Lipinski definition) is 3. The zero-order chi connectivity index (χ0) is 17.0. The van der Waals surface area contributed by atoms with Gasteiger partial charge in [0.1, 0.15) is 0 Å². The highest BCUT2D eigenvalue weighted by Crippen LogP contribution is 2.19. The van der Waals surface area contributed by atoms with Crippen LogP contribution in [0.4, 0.5) is 0 Å². The van der Waals surface area contributed by atoms with Gasteiger partial charge in [0.2, 0.25) is 0 Å². The SMILES string of the molecule is CC1CCCN(S(=O)(=O)NCC(N)c2ccc(C(C)C)cc2)C1. The Bertz CT molecular complexity index is 599. The molecule has 2 unspecified atom stereocenters. The van der Waals surface area contributed by atoms with Crippen molar-refractivity contribution >= 4 is 10.2 Å². The lowest BCUT2D eigenvalue weighted by molar-refractivity contribution is 0.278. The molecule has 1 saturated heterocycles. The number of nitrogens with one attached hydrogen (secondary N) is 1. The fourth-order valence-electron chi connectivity index (χ4n) is 2.90. The van der Waals surface area contributed by atoms with Gasteiger partial charge < -0.3 is 5.73 Å². The Morgan fingerprint density at radius 2 is 1.87 bits per heavy atom. The van der Waals surface area contributed by atoms with E-state index in [1.54, 1.807) is 0 Å². The minimum Gasteiger partial charge on any atom is -0.323 e. The number of nitrogens with zero attached hydrogens (tertiary/aromatic N) is 1. The summed E-state index contributed by atoms with van der Waals surface area (Å²) in [7, 11) is -3.44. The number of hydrogen-bond donors (Lipinski definition) is 2. The van der Waals surface area contributed by atoms with Crippen LogP contribution in [0, 0.1) is 5.92 Å². The van der Waals surface area contributed by atoms with Gasteiger partial charge in [0.15, 0.2) is 0 Å². The van der Waals surface area contributed by atoms with Crippen molar-refractivity contribution in [3.63, 3.8) is 0 Å². The second-order valence-electron chi connectivity index (χ2n) is 6.89. The van der Waals surface area contributed by atoms with E-state index in [-0.39, 0.29) is 12.6 Å². The van der Waals surface area contributed by atoms with E-state index >= 15 is 0 Å². The highest BCUT2D eigenvalue weighted by atomic mass is 32.2. The first-order valence-corrected chi connectivity index (χ1v) is 9.83. The van der Waals surface area contributed by atoms with Gasteiger partial charge in [-0.1, -0.05) is 45.0 Å². The van der Waals surface area contributed by atoms with Crippen LogP contribution < -0.4 is 10.5 Å². The van der Waals surface area contributed by atoms with Crippen LogP contribution in [0.15, 0.2) is 24.3 Å². The van der Waals surface area contributed by atoms with Gasteiger partial charge in [-0.15, -0.1) is 0 Å². The summed E-state index contributed by atoms with van der Waals surface area (Å²) in [6.45, 7) is 7.77. The van der Waals surface area contributed by atoms with Gasteiger partial charge in [-0.3, -0.25) is 0 Å². The van der Waals surface area contributed by atoms with Crippen LogP contribution in [0.3, 0.4) is 0 Å². The maximum absolute atomic E-state index is 12.4. The van der Waals surface area contributed by atoms with Gasteiger partial charge in [-0.2, -0.15) is 12.7 Å². The third kappa shape index (κ3) is 5.01. The molecule has 0 saturated carbocycles. The van der Waals surface area contributed by atoms with Gasteiger partial charge in [-0.25, -0.2) is 4.72 Å². The average molecular weight is 340 g/mol. The molecule has 0 bridgehead atoms. The summed E-state index contributed by atoms with van der Waals surface area (Å²) in [5.74, 6) is 0.887. The highest BCUT2D eigenvalue weighted by Gasteiger charge is 2.27. The van der Waals surface area contributed by atoms with E-state index in [9.17, 15) is 8.42 Å². The fraction of sp³-hybridized carbons (Fsp3) is 0.647. The molecule has 2 rings (SSSR count). The lowest BCUT2D eigenvalue weighted by atomic mass is 9.99. The summed E-state index contributed by atoms with van der Waals surface area (Å²) >= 11 is 0. The van der Waals surface area contributed by atoms with E-state index in [4.69, 9.17) is 5.73 Å². The lowest BCUT2D eigenvalue weighted by Crippen LogP contribution is -2.47. The molecule has 1 aromatic carbocycles. The number of benzene rings is 1. The average Bonchev–Trinajstić information content (AvgIpc) is 2.53. The topological polar surface area (TPSA) is 75.4 Å². The Balaban J connectivity index is 1.93. The van der Waals surface area contributed by atoms with Crippen molar-refractivity contribution in [1.82, 2.24) is 9.03 Å². The van der Waals surface area contributed by atoms with E-state index in [1.807, 2.05) is 12.1 Å². The quantitative estimate of drug-likeness (QED) is 0.835. The summed E-state index contributed by atoms with van der Waals surface area (Å²) in [6.07, 6.45) is 2.01. The monoisotopic (exact) mass is 339 g/mol. The Morgan fingerprint density at radius 1 is 1.26 bits per heavy atom. The van der Waals surface area contributed by atoms with Crippen LogP contribution in [0.1, 0.15) is 56.7 Å². The van der Waals surface area contributed by atoms with Crippen molar-refractivity contribution in [3.8, 4) is 0 Å². The number of rotatable bonds is 6. The van der Waals surface area contributed by atoms with Gasteiger partial charge in [0.25, 0.3) is 10.2 Å². The molecule has 1 aromatic rings. The van der Waals surface area contributed by atoms with Crippen LogP contribution in [0.5, 0.6) is 0 Å². The molecule has 0 aliphatic carbocycles. The molecule has 23 heavy (non-hydrogen) atoms. The van der Waals surface area contributed by atoms with Crippen molar-refractivity contribution in [1.29, 1.82) is 0 Å². The fourth-order valence-corrected chi connectivity index (χ4v) is 4.29. The van der Waals surface area contributed by atoms with Crippen LogP contribution in [0.25, 0.3) is 0 Å². The Kier molecular flexibility index (Phi) is 6.19. The van der Waals surface area contributed by atoms with E-state index in [2.05, 4.69) is 37.6 Å². The van der Waals surface area contributed by atoms with E-state index in [0.29, 0.717) is 24.9 Å². The molecule has 5 nitrogen and oxygen atoms in total. The third-order valence-electron chi connectivity index (χ3n) is 4.48. The summed E-state index contributed by atoms with van der Waals surface area (Å²) in [6, 6.07) is 7.74. The van der Waals surface area contributed by atoms with E-state index < -0.39 is 10.2 Å².